The molecule has 3 nitrogen and oxygen atoms in total. The quantitative estimate of drug-likeness (QED) is 0.460. The summed E-state index contributed by atoms with van der Waals surface area (Å²) in [5.74, 6) is 1.77. The second kappa shape index (κ2) is 6.78. The Balaban J connectivity index is 1.52. The molecule has 0 aliphatic heterocycles. The summed E-state index contributed by atoms with van der Waals surface area (Å²) < 4.78 is 0. The van der Waals surface area contributed by atoms with Crippen LogP contribution in [-0.4, -0.2) is 9.97 Å². The molecule has 1 aliphatic rings. The van der Waals surface area contributed by atoms with Crippen LogP contribution < -0.4 is 5.32 Å². The Bertz CT molecular complexity index is 1100. The zero-order valence-corrected chi connectivity index (χ0v) is 16.1. The second-order valence-corrected chi connectivity index (χ2v) is 8.16. The highest BCUT2D eigenvalue weighted by molar-refractivity contribution is 7.19. The maximum absolute atomic E-state index is 4.74. The molecule has 1 aliphatic carbocycles. The van der Waals surface area contributed by atoms with Crippen molar-refractivity contribution in [3.05, 3.63) is 70.9 Å². The third-order valence-electron chi connectivity index (χ3n) is 5.18. The Morgan fingerprint density at radius 3 is 2.41 bits per heavy atom. The molecular formula is C23H21N3S. The number of aryl methyl sites for hydroxylation is 3. The number of anilines is 2. The van der Waals surface area contributed by atoms with Crippen LogP contribution in [0, 0.1) is 6.92 Å². The van der Waals surface area contributed by atoms with Crippen LogP contribution in [0.5, 0.6) is 0 Å². The van der Waals surface area contributed by atoms with Gasteiger partial charge in [-0.2, -0.15) is 0 Å². The molecule has 4 aromatic rings. The highest BCUT2D eigenvalue weighted by Gasteiger charge is 2.20. The van der Waals surface area contributed by atoms with E-state index in [-0.39, 0.29) is 0 Å². The summed E-state index contributed by atoms with van der Waals surface area (Å²) in [6.45, 7) is 1.97. The first-order valence-electron chi connectivity index (χ1n) is 9.49. The highest BCUT2D eigenvalue weighted by atomic mass is 32.1. The fourth-order valence-electron chi connectivity index (χ4n) is 3.87. The number of hydrogen-bond donors (Lipinski definition) is 1. The summed E-state index contributed by atoms with van der Waals surface area (Å²) in [6, 6.07) is 19.0. The van der Waals surface area contributed by atoms with Crippen molar-refractivity contribution in [2.24, 2.45) is 0 Å². The number of thiophene rings is 1. The van der Waals surface area contributed by atoms with Gasteiger partial charge in [-0.25, -0.2) is 9.97 Å². The van der Waals surface area contributed by atoms with Crippen molar-refractivity contribution in [3.63, 3.8) is 0 Å². The lowest BCUT2D eigenvalue weighted by Gasteiger charge is -2.13. The molecule has 0 fully saturated rings. The maximum atomic E-state index is 4.74. The van der Waals surface area contributed by atoms with E-state index in [2.05, 4.69) is 53.8 Å². The fourth-order valence-corrected chi connectivity index (χ4v) is 5.17. The summed E-state index contributed by atoms with van der Waals surface area (Å²) >= 11 is 1.85. The van der Waals surface area contributed by atoms with Crippen molar-refractivity contribution < 1.29 is 0 Å². The van der Waals surface area contributed by atoms with Gasteiger partial charge in [0.1, 0.15) is 16.5 Å². The van der Waals surface area contributed by atoms with Crippen LogP contribution in [0.3, 0.4) is 0 Å². The molecule has 4 heteroatoms. The Kier molecular flexibility index (Phi) is 4.13. The highest BCUT2D eigenvalue weighted by Crippen LogP contribution is 2.39. The summed E-state index contributed by atoms with van der Waals surface area (Å²) in [7, 11) is 0. The number of nitrogens with zero attached hydrogens (tertiary/aromatic N) is 2. The number of benzene rings is 2. The van der Waals surface area contributed by atoms with Crippen molar-refractivity contribution in [3.8, 4) is 11.1 Å². The van der Waals surface area contributed by atoms with E-state index < -0.39 is 0 Å². The minimum Gasteiger partial charge on any atom is -0.340 e. The molecule has 27 heavy (non-hydrogen) atoms. The standard InChI is InChI=1S/C23H21N3S/c1-15-24-22(21-19-9-5-6-10-20(19)27-23(21)25-15)26-18-13-11-17(12-14-18)16-7-3-2-4-8-16/h2-4,7-8,11-14H,5-6,9-10H2,1H3,(H,24,25,26). The van der Waals surface area contributed by atoms with Gasteiger partial charge >= 0.3 is 0 Å². The molecule has 0 spiro atoms. The molecule has 134 valence electrons. The minimum atomic E-state index is 0.824. The average molecular weight is 372 g/mol. The summed E-state index contributed by atoms with van der Waals surface area (Å²) in [5, 5.41) is 4.79. The number of rotatable bonds is 3. The van der Waals surface area contributed by atoms with Gasteiger partial charge < -0.3 is 5.32 Å². The molecule has 0 amide bonds. The van der Waals surface area contributed by atoms with Crippen LogP contribution in [0.1, 0.15) is 29.1 Å². The molecule has 0 radical (unpaired) electrons. The van der Waals surface area contributed by atoms with Crippen LogP contribution in [0.15, 0.2) is 54.6 Å². The van der Waals surface area contributed by atoms with Gasteiger partial charge in [0.2, 0.25) is 0 Å². The Hall–Kier alpha value is -2.72. The second-order valence-electron chi connectivity index (χ2n) is 7.08. The van der Waals surface area contributed by atoms with Crippen molar-refractivity contribution in [1.29, 1.82) is 0 Å². The molecule has 0 saturated heterocycles. The molecule has 5 rings (SSSR count). The predicted octanol–water partition coefficient (Wildman–Crippen LogP) is 6.29. The van der Waals surface area contributed by atoms with E-state index in [1.54, 1.807) is 0 Å². The number of nitrogens with one attached hydrogen (secondary N) is 1. The lowest BCUT2D eigenvalue weighted by molar-refractivity contribution is 0.700. The molecular weight excluding hydrogens is 350 g/mol. The van der Waals surface area contributed by atoms with Crippen molar-refractivity contribution in [2.75, 3.05) is 5.32 Å². The zero-order chi connectivity index (χ0) is 18.2. The van der Waals surface area contributed by atoms with E-state index >= 15 is 0 Å². The molecule has 0 saturated carbocycles. The van der Waals surface area contributed by atoms with Gasteiger partial charge in [0, 0.05) is 10.6 Å². The zero-order valence-electron chi connectivity index (χ0n) is 15.3. The Labute approximate surface area is 163 Å². The predicted molar refractivity (Wildman–Crippen MR) is 114 cm³/mol. The number of aromatic nitrogens is 2. The van der Waals surface area contributed by atoms with Crippen molar-refractivity contribution in [1.82, 2.24) is 9.97 Å². The molecule has 0 unspecified atom stereocenters. The topological polar surface area (TPSA) is 37.8 Å². The van der Waals surface area contributed by atoms with E-state index in [1.807, 2.05) is 24.3 Å². The van der Waals surface area contributed by atoms with Gasteiger partial charge in [-0.15, -0.1) is 11.3 Å². The van der Waals surface area contributed by atoms with Crippen molar-refractivity contribution in [2.45, 2.75) is 32.6 Å². The Morgan fingerprint density at radius 1 is 0.852 bits per heavy atom. The summed E-state index contributed by atoms with van der Waals surface area (Å²) in [6.07, 6.45) is 4.87. The van der Waals surface area contributed by atoms with E-state index in [1.165, 1.54) is 46.2 Å². The molecule has 0 atom stereocenters. The first kappa shape index (κ1) is 16.5. The third kappa shape index (κ3) is 3.10. The van der Waals surface area contributed by atoms with Gasteiger partial charge in [-0.05, 0) is 61.4 Å². The van der Waals surface area contributed by atoms with Crippen LogP contribution in [0.4, 0.5) is 11.5 Å². The van der Waals surface area contributed by atoms with E-state index in [0.717, 1.165) is 28.6 Å². The van der Waals surface area contributed by atoms with Crippen LogP contribution >= 0.6 is 11.3 Å². The van der Waals surface area contributed by atoms with Crippen molar-refractivity contribution >= 4 is 33.1 Å². The first-order valence-corrected chi connectivity index (χ1v) is 10.3. The van der Waals surface area contributed by atoms with Crippen LogP contribution in [0.2, 0.25) is 0 Å². The summed E-state index contributed by atoms with van der Waals surface area (Å²) in [4.78, 5) is 12.1. The largest absolute Gasteiger partial charge is 0.340 e. The SMILES string of the molecule is Cc1nc(Nc2ccc(-c3ccccc3)cc2)c2c3c(sc2n1)CCCC3. The van der Waals surface area contributed by atoms with E-state index in [9.17, 15) is 0 Å². The molecule has 2 aromatic carbocycles. The molecule has 2 aromatic heterocycles. The normalized spacial score (nSPS) is 13.5. The number of fused-ring (bicyclic) bond motifs is 3. The van der Waals surface area contributed by atoms with Crippen LogP contribution in [-0.2, 0) is 12.8 Å². The molecule has 2 heterocycles. The number of hydrogen-bond acceptors (Lipinski definition) is 4. The first-order chi connectivity index (χ1) is 13.3. The smallest absolute Gasteiger partial charge is 0.143 e. The van der Waals surface area contributed by atoms with Gasteiger partial charge in [0.25, 0.3) is 0 Å². The monoisotopic (exact) mass is 371 g/mol. The fraction of sp³-hybridized carbons (Fsp3) is 0.217. The molecule has 1 N–H and O–H groups in total. The van der Waals surface area contributed by atoms with E-state index in [0.29, 0.717) is 0 Å². The van der Waals surface area contributed by atoms with Gasteiger partial charge in [-0.1, -0.05) is 42.5 Å². The molecule has 0 bridgehead atoms. The minimum absolute atomic E-state index is 0.824. The van der Waals surface area contributed by atoms with Crippen LogP contribution in [0.25, 0.3) is 21.3 Å². The van der Waals surface area contributed by atoms with E-state index in [4.69, 9.17) is 9.97 Å². The van der Waals surface area contributed by atoms with Gasteiger partial charge in [-0.3, -0.25) is 0 Å². The maximum Gasteiger partial charge on any atom is 0.143 e. The average Bonchev–Trinajstić information content (AvgIpc) is 3.07. The third-order valence-corrected chi connectivity index (χ3v) is 6.37. The summed E-state index contributed by atoms with van der Waals surface area (Å²) in [5.41, 5.74) is 4.98. The van der Waals surface area contributed by atoms with Gasteiger partial charge in [0.05, 0.1) is 5.39 Å². The van der Waals surface area contributed by atoms with Gasteiger partial charge in [0.15, 0.2) is 0 Å². The lowest BCUT2D eigenvalue weighted by atomic mass is 9.97. The lowest BCUT2D eigenvalue weighted by Crippen LogP contribution is -2.02. The Morgan fingerprint density at radius 2 is 1.59 bits per heavy atom.